The molecule has 1 N–H and O–H groups in total. The molecule has 2 rings (SSSR count). The SMILES string of the molecule is Cc1ccc(NC(=O)C(C)Oc2cccc(Cl)c2Cl)c(F)c1. The first-order valence-electron chi connectivity index (χ1n) is 6.56. The zero-order valence-corrected chi connectivity index (χ0v) is 13.5. The van der Waals surface area contributed by atoms with Crippen LogP contribution >= 0.6 is 23.2 Å². The Hall–Kier alpha value is -1.78. The van der Waals surface area contributed by atoms with Crippen LogP contribution in [-0.2, 0) is 4.79 Å². The molecule has 0 saturated carbocycles. The summed E-state index contributed by atoms with van der Waals surface area (Å²) in [5, 5.41) is 3.03. The van der Waals surface area contributed by atoms with Gasteiger partial charge in [0.05, 0.1) is 10.7 Å². The quantitative estimate of drug-likeness (QED) is 0.863. The van der Waals surface area contributed by atoms with Crippen molar-refractivity contribution in [3.8, 4) is 5.75 Å². The monoisotopic (exact) mass is 341 g/mol. The van der Waals surface area contributed by atoms with E-state index in [-0.39, 0.29) is 10.7 Å². The number of aryl methyl sites for hydroxylation is 1. The number of benzene rings is 2. The van der Waals surface area contributed by atoms with Crippen LogP contribution in [0, 0.1) is 12.7 Å². The second kappa shape index (κ2) is 6.99. The maximum Gasteiger partial charge on any atom is 0.265 e. The number of ether oxygens (including phenoxy) is 1. The lowest BCUT2D eigenvalue weighted by Crippen LogP contribution is -2.30. The molecule has 2 aromatic carbocycles. The maximum atomic E-state index is 13.7. The van der Waals surface area contributed by atoms with Gasteiger partial charge in [0.1, 0.15) is 16.6 Å². The Balaban J connectivity index is 2.07. The minimum Gasteiger partial charge on any atom is -0.479 e. The van der Waals surface area contributed by atoms with E-state index in [0.29, 0.717) is 10.8 Å². The third-order valence-corrected chi connectivity index (χ3v) is 3.77. The van der Waals surface area contributed by atoms with Gasteiger partial charge in [-0.2, -0.15) is 0 Å². The van der Waals surface area contributed by atoms with Gasteiger partial charge in [-0.1, -0.05) is 35.3 Å². The first-order valence-corrected chi connectivity index (χ1v) is 7.31. The van der Waals surface area contributed by atoms with Gasteiger partial charge >= 0.3 is 0 Å². The predicted octanol–water partition coefficient (Wildman–Crippen LogP) is 4.85. The van der Waals surface area contributed by atoms with E-state index in [1.165, 1.54) is 12.1 Å². The third-order valence-electron chi connectivity index (χ3n) is 2.97. The zero-order chi connectivity index (χ0) is 16.3. The van der Waals surface area contributed by atoms with Crippen molar-refractivity contribution in [3.63, 3.8) is 0 Å². The van der Waals surface area contributed by atoms with Gasteiger partial charge in [-0.3, -0.25) is 4.79 Å². The lowest BCUT2D eigenvalue weighted by molar-refractivity contribution is -0.122. The first kappa shape index (κ1) is 16.6. The molecule has 0 heterocycles. The Bertz CT molecular complexity index is 707. The smallest absolute Gasteiger partial charge is 0.265 e. The molecule has 116 valence electrons. The van der Waals surface area contributed by atoms with E-state index in [2.05, 4.69) is 5.32 Å². The van der Waals surface area contributed by atoms with Crippen LogP contribution in [-0.4, -0.2) is 12.0 Å². The molecule has 0 aliphatic heterocycles. The van der Waals surface area contributed by atoms with E-state index in [4.69, 9.17) is 27.9 Å². The van der Waals surface area contributed by atoms with Crippen LogP contribution in [0.1, 0.15) is 12.5 Å². The summed E-state index contributed by atoms with van der Waals surface area (Å²) in [6.07, 6.45) is -0.864. The fourth-order valence-electron chi connectivity index (χ4n) is 1.77. The van der Waals surface area contributed by atoms with Crippen LogP contribution in [0.15, 0.2) is 36.4 Å². The van der Waals surface area contributed by atoms with Gasteiger partial charge < -0.3 is 10.1 Å². The Kier molecular flexibility index (Phi) is 5.27. The van der Waals surface area contributed by atoms with E-state index < -0.39 is 17.8 Å². The molecule has 0 fully saturated rings. The lowest BCUT2D eigenvalue weighted by atomic mass is 10.2. The van der Waals surface area contributed by atoms with Crippen molar-refractivity contribution in [2.24, 2.45) is 0 Å². The molecule has 0 aliphatic rings. The topological polar surface area (TPSA) is 38.3 Å². The van der Waals surface area contributed by atoms with Gasteiger partial charge in [-0.05, 0) is 43.7 Å². The average Bonchev–Trinajstić information content (AvgIpc) is 2.46. The lowest BCUT2D eigenvalue weighted by Gasteiger charge is -2.16. The Morgan fingerprint density at radius 1 is 1.27 bits per heavy atom. The molecule has 0 spiro atoms. The molecule has 0 aliphatic carbocycles. The van der Waals surface area contributed by atoms with E-state index in [0.717, 1.165) is 5.56 Å². The predicted molar refractivity (Wildman–Crippen MR) is 86.3 cm³/mol. The summed E-state index contributed by atoms with van der Waals surface area (Å²) in [6.45, 7) is 3.31. The van der Waals surface area contributed by atoms with Crippen LogP contribution in [0.25, 0.3) is 0 Å². The molecule has 1 amide bonds. The van der Waals surface area contributed by atoms with Crippen LogP contribution in [0.5, 0.6) is 5.75 Å². The van der Waals surface area contributed by atoms with E-state index in [9.17, 15) is 9.18 Å². The fraction of sp³-hybridized carbons (Fsp3) is 0.188. The first-order chi connectivity index (χ1) is 10.4. The minimum atomic E-state index is -0.864. The number of anilines is 1. The highest BCUT2D eigenvalue weighted by Crippen LogP contribution is 2.32. The Morgan fingerprint density at radius 2 is 2.00 bits per heavy atom. The summed E-state index contributed by atoms with van der Waals surface area (Å²) >= 11 is 11.9. The molecule has 1 atom stereocenters. The van der Waals surface area contributed by atoms with Crippen molar-refractivity contribution >= 4 is 34.8 Å². The zero-order valence-electron chi connectivity index (χ0n) is 12.0. The van der Waals surface area contributed by atoms with Gasteiger partial charge in [0.15, 0.2) is 6.10 Å². The van der Waals surface area contributed by atoms with Crippen molar-refractivity contribution in [1.29, 1.82) is 0 Å². The number of rotatable bonds is 4. The number of amides is 1. The second-order valence-corrected chi connectivity index (χ2v) is 5.57. The summed E-state index contributed by atoms with van der Waals surface area (Å²) in [5.74, 6) is -0.693. The third kappa shape index (κ3) is 3.90. The molecule has 0 aromatic heterocycles. The highest BCUT2D eigenvalue weighted by molar-refractivity contribution is 6.42. The molecule has 1 unspecified atom stereocenters. The van der Waals surface area contributed by atoms with Crippen molar-refractivity contribution in [3.05, 3.63) is 57.8 Å². The molecular formula is C16H14Cl2FNO2. The van der Waals surface area contributed by atoms with Gasteiger partial charge in [0, 0.05) is 0 Å². The number of carbonyl (C=O) groups excluding carboxylic acids is 1. The van der Waals surface area contributed by atoms with Gasteiger partial charge in [0.2, 0.25) is 0 Å². The summed E-state index contributed by atoms with van der Waals surface area (Å²) in [6, 6.07) is 9.43. The Labute approximate surface area is 138 Å². The molecule has 2 aromatic rings. The molecule has 3 nitrogen and oxygen atoms in total. The summed E-state index contributed by atoms with van der Waals surface area (Å²) in [5.41, 5.74) is 0.869. The van der Waals surface area contributed by atoms with Gasteiger partial charge in [-0.15, -0.1) is 0 Å². The number of hydrogen-bond donors (Lipinski definition) is 1. The normalized spacial score (nSPS) is 11.9. The van der Waals surface area contributed by atoms with Crippen LogP contribution in [0.2, 0.25) is 10.0 Å². The maximum absolute atomic E-state index is 13.7. The van der Waals surface area contributed by atoms with E-state index in [1.54, 1.807) is 38.1 Å². The number of halogens is 3. The van der Waals surface area contributed by atoms with Gasteiger partial charge in [-0.25, -0.2) is 4.39 Å². The van der Waals surface area contributed by atoms with E-state index >= 15 is 0 Å². The molecule has 22 heavy (non-hydrogen) atoms. The number of hydrogen-bond acceptors (Lipinski definition) is 2. The van der Waals surface area contributed by atoms with Crippen LogP contribution in [0.3, 0.4) is 0 Å². The summed E-state index contributed by atoms with van der Waals surface area (Å²) < 4.78 is 19.2. The molecule has 0 saturated heterocycles. The highest BCUT2D eigenvalue weighted by Gasteiger charge is 2.18. The van der Waals surface area contributed by atoms with E-state index in [1.807, 2.05) is 0 Å². The average molecular weight is 342 g/mol. The minimum absolute atomic E-state index is 0.100. The summed E-state index contributed by atoms with van der Waals surface area (Å²) in [7, 11) is 0. The van der Waals surface area contributed by atoms with Crippen molar-refractivity contribution in [1.82, 2.24) is 0 Å². The molecule has 6 heteroatoms. The van der Waals surface area contributed by atoms with Crippen molar-refractivity contribution < 1.29 is 13.9 Å². The number of carbonyl (C=O) groups is 1. The van der Waals surface area contributed by atoms with Crippen molar-refractivity contribution in [2.45, 2.75) is 20.0 Å². The fourth-order valence-corrected chi connectivity index (χ4v) is 2.11. The van der Waals surface area contributed by atoms with Crippen molar-refractivity contribution in [2.75, 3.05) is 5.32 Å². The molecular weight excluding hydrogens is 328 g/mol. The number of nitrogens with one attached hydrogen (secondary N) is 1. The molecule has 0 bridgehead atoms. The Morgan fingerprint density at radius 3 is 2.68 bits per heavy atom. The van der Waals surface area contributed by atoms with Crippen LogP contribution in [0.4, 0.5) is 10.1 Å². The van der Waals surface area contributed by atoms with Crippen LogP contribution < -0.4 is 10.1 Å². The summed E-state index contributed by atoms with van der Waals surface area (Å²) in [4.78, 5) is 12.1. The van der Waals surface area contributed by atoms with Gasteiger partial charge in [0.25, 0.3) is 5.91 Å². The highest BCUT2D eigenvalue weighted by atomic mass is 35.5. The standard InChI is InChI=1S/C16H14Cl2FNO2/c1-9-6-7-13(12(19)8-9)20-16(21)10(2)22-14-5-3-4-11(17)15(14)18/h3-8,10H,1-2H3,(H,20,21). The molecule has 0 radical (unpaired) electrons. The second-order valence-electron chi connectivity index (χ2n) is 4.78. The largest absolute Gasteiger partial charge is 0.479 e.